The molecule has 0 radical (unpaired) electrons. The third-order valence-corrected chi connectivity index (χ3v) is 18.7. The number of rotatable bonds is 3. The molecule has 75 heavy (non-hydrogen) atoms. The molecule has 9 aromatic carbocycles. The predicted octanol–water partition coefficient (Wildman–Crippen LogP) is 19.2. The van der Waals surface area contributed by atoms with Gasteiger partial charge in [0, 0.05) is 59.2 Å². The standard InChI is InChI=1S/C71H57NO2S/c1-67(2,3)43-30-36-61-56(39-43)70(57-40-44(68(4,5)6)31-37-62(57)74-61)50-21-10-8-19-47(50)48-34-32-45(41-54(48)70)72(58-24-18-28-64-66(58)49-20-9-15-27-63(49)75-64)46-33-35-51-55(42-46)71(65-29-16-17-38-69(51,65)7)52-22-11-13-25-59(52)73-60-26-14-12-23-53(60)71/h8-37,39-42H,38H2,1-7H3. The first-order valence-electron chi connectivity index (χ1n) is 26.6. The van der Waals surface area contributed by atoms with Crippen LogP contribution in [0.2, 0.25) is 0 Å². The molecule has 364 valence electrons. The minimum atomic E-state index is -0.693. The van der Waals surface area contributed by atoms with Gasteiger partial charge < -0.3 is 14.4 Å². The summed E-state index contributed by atoms with van der Waals surface area (Å²) in [4.78, 5) is 2.58. The zero-order valence-electron chi connectivity index (χ0n) is 43.5. The summed E-state index contributed by atoms with van der Waals surface area (Å²) in [5.74, 6) is 3.61. The molecule has 1 unspecified atom stereocenters. The lowest BCUT2D eigenvalue weighted by Crippen LogP contribution is -2.36. The number of benzene rings is 9. The van der Waals surface area contributed by atoms with E-state index in [-0.39, 0.29) is 16.2 Å². The molecule has 5 aliphatic rings. The Labute approximate surface area is 444 Å². The van der Waals surface area contributed by atoms with Crippen LogP contribution in [0.1, 0.15) is 111 Å². The number of fused-ring (bicyclic) bond motifs is 21. The van der Waals surface area contributed by atoms with E-state index in [1.165, 1.54) is 92.5 Å². The number of para-hydroxylation sites is 2. The van der Waals surface area contributed by atoms with Crippen molar-refractivity contribution in [2.45, 2.75) is 82.0 Å². The summed E-state index contributed by atoms with van der Waals surface area (Å²) < 4.78 is 16.5. The van der Waals surface area contributed by atoms with Crippen LogP contribution in [0.5, 0.6) is 23.0 Å². The van der Waals surface area contributed by atoms with Crippen molar-refractivity contribution in [3.63, 3.8) is 0 Å². The minimum Gasteiger partial charge on any atom is -0.457 e. The highest BCUT2D eigenvalue weighted by molar-refractivity contribution is 7.26. The van der Waals surface area contributed by atoms with Gasteiger partial charge in [-0.2, -0.15) is 0 Å². The molecule has 15 rings (SSSR count). The monoisotopic (exact) mass is 987 g/mol. The van der Waals surface area contributed by atoms with E-state index in [1.54, 1.807) is 0 Å². The van der Waals surface area contributed by atoms with Crippen molar-refractivity contribution in [1.82, 2.24) is 0 Å². The van der Waals surface area contributed by atoms with Crippen molar-refractivity contribution < 1.29 is 9.47 Å². The maximum atomic E-state index is 7.09. The predicted molar refractivity (Wildman–Crippen MR) is 311 cm³/mol. The van der Waals surface area contributed by atoms with Gasteiger partial charge in [0.2, 0.25) is 0 Å². The molecule has 3 heterocycles. The molecule has 0 amide bonds. The van der Waals surface area contributed by atoms with E-state index in [0.717, 1.165) is 46.5 Å². The summed E-state index contributed by atoms with van der Waals surface area (Å²) in [6.45, 7) is 16.4. The van der Waals surface area contributed by atoms with Crippen molar-refractivity contribution in [3.8, 4) is 34.1 Å². The highest BCUT2D eigenvalue weighted by Gasteiger charge is 2.59. The maximum absolute atomic E-state index is 7.09. The molecule has 0 N–H and O–H groups in total. The highest BCUT2D eigenvalue weighted by atomic mass is 32.1. The van der Waals surface area contributed by atoms with Crippen LogP contribution in [0.15, 0.2) is 212 Å². The van der Waals surface area contributed by atoms with E-state index in [9.17, 15) is 0 Å². The molecule has 0 saturated carbocycles. The number of nitrogens with zero attached hydrogens (tertiary/aromatic N) is 1. The lowest BCUT2D eigenvalue weighted by Gasteiger charge is -2.42. The van der Waals surface area contributed by atoms with Crippen molar-refractivity contribution in [2.75, 3.05) is 4.90 Å². The Morgan fingerprint density at radius 2 is 1.01 bits per heavy atom. The molecule has 1 atom stereocenters. The van der Waals surface area contributed by atoms with E-state index in [4.69, 9.17) is 9.47 Å². The van der Waals surface area contributed by atoms with Crippen LogP contribution in [0.3, 0.4) is 0 Å². The lowest BCUT2D eigenvalue weighted by molar-refractivity contribution is 0.425. The summed E-state index contributed by atoms with van der Waals surface area (Å²) in [7, 11) is 0. The van der Waals surface area contributed by atoms with Crippen LogP contribution in [0, 0.1) is 0 Å². The third kappa shape index (κ3) is 5.92. The first kappa shape index (κ1) is 44.6. The summed E-state index contributed by atoms with van der Waals surface area (Å²) in [5.41, 5.74) is 18.0. The zero-order valence-corrected chi connectivity index (χ0v) is 44.3. The van der Waals surface area contributed by atoms with Gasteiger partial charge in [-0.25, -0.2) is 0 Å². The fourth-order valence-electron chi connectivity index (χ4n) is 14.1. The van der Waals surface area contributed by atoms with Gasteiger partial charge in [-0.15, -0.1) is 11.3 Å². The molecule has 4 heteroatoms. The van der Waals surface area contributed by atoms with Crippen molar-refractivity contribution >= 4 is 48.6 Å². The van der Waals surface area contributed by atoms with Crippen LogP contribution >= 0.6 is 11.3 Å². The number of allylic oxidation sites excluding steroid dienone is 4. The third-order valence-electron chi connectivity index (χ3n) is 17.6. The summed E-state index contributed by atoms with van der Waals surface area (Å²) >= 11 is 1.87. The molecular weight excluding hydrogens is 931 g/mol. The molecule has 2 spiro atoms. The summed E-state index contributed by atoms with van der Waals surface area (Å²) in [6.07, 6.45) is 7.96. The Hall–Kier alpha value is -7.92. The number of ether oxygens (including phenoxy) is 2. The van der Waals surface area contributed by atoms with E-state index >= 15 is 0 Å². The Balaban J connectivity index is 1.06. The second-order valence-corrected chi connectivity index (χ2v) is 24.8. The van der Waals surface area contributed by atoms with Crippen LogP contribution in [0.25, 0.3) is 31.3 Å². The Morgan fingerprint density at radius 1 is 0.453 bits per heavy atom. The van der Waals surface area contributed by atoms with Crippen molar-refractivity contribution in [1.29, 1.82) is 0 Å². The molecule has 10 aromatic rings. The fraction of sp³-hybridized carbons (Fsp3) is 0.183. The molecule has 0 saturated heterocycles. The van der Waals surface area contributed by atoms with Crippen molar-refractivity contribution in [2.24, 2.45) is 0 Å². The second kappa shape index (κ2) is 15.3. The van der Waals surface area contributed by atoms with Gasteiger partial charge in [-0.3, -0.25) is 0 Å². The highest BCUT2D eigenvalue weighted by Crippen LogP contribution is 2.68. The van der Waals surface area contributed by atoms with Crippen molar-refractivity contribution in [3.05, 3.63) is 267 Å². The van der Waals surface area contributed by atoms with Gasteiger partial charge in [-0.05, 0) is 146 Å². The summed E-state index contributed by atoms with van der Waals surface area (Å²) in [6, 6.07) is 71.2. The largest absolute Gasteiger partial charge is 0.457 e. The normalized spacial score (nSPS) is 17.7. The van der Waals surface area contributed by atoms with E-state index in [1.807, 2.05) is 11.3 Å². The van der Waals surface area contributed by atoms with E-state index < -0.39 is 10.8 Å². The van der Waals surface area contributed by atoms with Crippen LogP contribution in [0.4, 0.5) is 17.1 Å². The van der Waals surface area contributed by atoms with E-state index in [0.29, 0.717) is 0 Å². The Kier molecular flexibility index (Phi) is 9.11. The number of hydrogen-bond donors (Lipinski definition) is 0. The average Bonchev–Trinajstić information content (AvgIpc) is 4.26. The van der Waals surface area contributed by atoms with Gasteiger partial charge >= 0.3 is 0 Å². The van der Waals surface area contributed by atoms with Crippen LogP contribution in [-0.2, 0) is 27.1 Å². The zero-order chi connectivity index (χ0) is 50.8. The molecule has 1 aromatic heterocycles. The van der Waals surface area contributed by atoms with Gasteiger partial charge in [0.05, 0.1) is 16.5 Å². The second-order valence-electron chi connectivity index (χ2n) is 23.8. The number of thiophene rings is 1. The molecule has 3 nitrogen and oxygen atoms in total. The Morgan fingerprint density at radius 3 is 1.69 bits per heavy atom. The molecule has 0 bridgehead atoms. The van der Waals surface area contributed by atoms with Crippen LogP contribution < -0.4 is 14.4 Å². The van der Waals surface area contributed by atoms with Gasteiger partial charge in [-0.1, -0.05) is 176 Å². The lowest BCUT2D eigenvalue weighted by atomic mass is 9.62. The molecule has 0 fully saturated rings. The first-order chi connectivity index (χ1) is 36.3. The smallest absolute Gasteiger partial charge is 0.132 e. The molecule has 3 aliphatic carbocycles. The van der Waals surface area contributed by atoms with Gasteiger partial charge in [0.25, 0.3) is 0 Å². The number of anilines is 3. The molecular formula is C71H57NO2S. The Bertz CT molecular complexity index is 4060. The first-order valence-corrected chi connectivity index (χ1v) is 27.4. The SMILES string of the molecule is CC(C)(C)c1ccc2c(c1)C1(c3cc(C(C)(C)C)ccc3O2)c2ccccc2-c2ccc(N(c3ccc4c(c3)C3(C5=CC=CCC54C)c4ccccc4Oc4ccccc43)c3cccc4sc5ccccc5c34)cc21. The van der Waals surface area contributed by atoms with Gasteiger partial charge in [0.1, 0.15) is 23.0 Å². The molecule has 2 aliphatic heterocycles. The summed E-state index contributed by atoms with van der Waals surface area (Å²) in [5, 5.41) is 2.52. The average molecular weight is 988 g/mol. The fourth-order valence-corrected chi connectivity index (χ4v) is 15.2. The minimum absolute atomic E-state index is 0.0948. The maximum Gasteiger partial charge on any atom is 0.132 e. The van der Waals surface area contributed by atoms with Gasteiger partial charge in [0.15, 0.2) is 0 Å². The number of hydrogen-bond acceptors (Lipinski definition) is 4. The quantitative estimate of drug-likeness (QED) is 0.176. The van der Waals surface area contributed by atoms with E-state index in [2.05, 4.69) is 260 Å². The topological polar surface area (TPSA) is 21.7 Å². The van der Waals surface area contributed by atoms with Crippen LogP contribution in [-0.4, -0.2) is 0 Å².